The minimum absolute atomic E-state index is 0.0190. The van der Waals surface area contributed by atoms with Crippen molar-refractivity contribution < 1.29 is 14.1 Å². The highest BCUT2D eigenvalue weighted by Crippen LogP contribution is 2.40. The molecule has 0 aromatic carbocycles. The Kier molecular flexibility index (Phi) is 5.22. The molecule has 1 aliphatic heterocycles. The Morgan fingerprint density at radius 2 is 2.00 bits per heavy atom. The summed E-state index contributed by atoms with van der Waals surface area (Å²) in [5.41, 5.74) is 0. The molecule has 1 saturated heterocycles. The predicted octanol–water partition coefficient (Wildman–Crippen LogP) is 3.36. The standard InChI is InChI=1S/C15H29NO3Si/c1-9-10-12-13(14(17)16(12)18-6)11(2)19-20(7,8)15(3,4)5/h9,11-13H,1,10H2,2-8H3/t11-,12-,13-/m1/s1. The molecule has 0 N–H and O–H groups in total. The van der Waals surface area contributed by atoms with Gasteiger partial charge in [0.25, 0.3) is 5.91 Å². The molecule has 5 heteroatoms. The molecule has 0 aromatic heterocycles. The fraction of sp³-hybridized carbons (Fsp3) is 0.800. The Hall–Kier alpha value is -0.653. The first kappa shape index (κ1) is 17.4. The minimum atomic E-state index is -1.86. The summed E-state index contributed by atoms with van der Waals surface area (Å²) in [6.07, 6.45) is 2.48. The van der Waals surface area contributed by atoms with E-state index in [1.807, 2.05) is 13.0 Å². The summed E-state index contributed by atoms with van der Waals surface area (Å²) in [5, 5.41) is 1.58. The van der Waals surface area contributed by atoms with E-state index in [1.54, 1.807) is 0 Å². The van der Waals surface area contributed by atoms with Crippen molar-refractivity contribution in [3.8, 4) is 0 Å². The largest absolute Gasteiger partial charge is 0.413 e. The van der Waals surface area contributed by atoms with Gasteiger partial charge < -0.3 is 4.43 Å². The van der Waals surface area contributed by atoms with Crippen molar-refractivity contribution in [3.05, 3.63) is 12.7 Å². The van der Waals surface area contributed by atoms with Gasteiger partial charge in [-0.25, -0.2) is 5.06 Å². The highest BCUT2D eigenvalue weighted by molar-refractivity contribution is 6.74. The van der Waals surface area contributed by atoms with Crippen molar-refractivity contribution in [2.75, 3.05) is 7.11 Å². The van der Waals surface area contributed by atoms with E-state index in [1.165, 1.54) is 12.2 Å². The molecule has 0 bridgehead atoms. The van der Waals surface area contributed by atoms with Gasteiger partial charge in [-0.15, -0.1) is 6.58 Å². The first-order valence-electron chi connectivity index (χ1n) is 7.22. The third-order valence-corrected chi connectivity index (χ3v) is 9.19. The van der Waals surface area contributed by atoms with Crippen molar-refractivity contribution in [3.63, 3.8) is 0 Å². The van der Waals surface area contributed by atoms with Crippen molar-refractivity contribution in [1.82, 2.24) is 5.06 Å². The van der Waals surface area contributed by atoms with Crippen LogP contribution in [0.4, 0.5) is 0 Å². The Labute approximate surface area is 124 Å². The molecule has 0 radical (unpaired) electrons. The Morgan fingerprint density at radius 1 is 1.45 bits per heavy atom. The second-order valence-electron chi connectivity index (χ2n) is 7.05. The van der Waals surface area contributed by atoms with Gasteiger partial charge in [0.15, 0.2) is 8.32 Å². The van der Waals surface area contributed by atoms with E-state index in [4.69, 9.17) is 9.26 Å². The summed E-state index contributed by atoms with van der Waals surface area (Å²) >= 11 is 0. The number of hydrogen-bond acceptors (Lipinski definition) is 3. The van der Waals surface area contributed by atoms with Crippen LogP contribution in [0.15, 0.2) is 12.7 Å². The van der Waals surface area contributed by atoms with Gasteiger partial charge in [0.05, 0.1) is 25.2 Å². The van der Waals surface area contributed by atoms with Gasteiger partial charge in [0, 0.05) is 0 Å². The summed E-state index contributed by atoms with van der Waals surface area (Å²) in [6.45, 7) is 16.8. The molecule has 1 aliphatic rings. The maximum atomic E-state index is 12.2. The molecule has 1 amide bonds. The molecule has 0 unspecified atom stereocenters. The molecule has 0 saturated carbocycles. The maximum absolute atomic E-state index is 12.2. The van der Waals surface area contributed by atoms with Gasteiger partial charge in [-0.2, -0.15) is 0 Å². The van der Waals surface area contributed by atoms with E-state index in [0.29, 0.717) is 0 Å². The summed E-state index contributed by atoms with van der Waals surface area (Å²) in [6, 6.07) is 0.0461. The third-order valence-electron chi connectivity index (χ3n) is 4.62. The lowest BCUT2D eigenvalue weighted by atomic mass is 9.83. The van der Waals surface area contributed by atoms with Crippen molar-refractivity contribution >= 4 is 14.2 Å². The summed E-state index contributed by atoms with van der Waals surface area (Å²) in [5.74, 6) is -0.104. The molecule has 0 aromatic rings. The second-order valence-corrected chi connectivity index (χ2v) is 11.8. The van der Waals surface area contributed by atoms with Gasteiger partial charge in [0.2, 0.25) is 0 Å². The normalized spacial score (nSPS) is 25.4. The first-order valence-corrected chi connectivity index (χ1v) is 10.1. The van der Waals surface area contributed by atoms with Crippen LogP contribution >= 0.6 is 0 Å². The summed E-state index contributed by atoms with van der Waals surface area (Å²) in [4.78, 5) is 17.3. The topological polar surface area (TPSA) is 38.8 Å². The monoisotopic (exact) mass is 299 g/mol. The maximum Gasteiger partial charge on any atom is 0.254 e. The minimum Gasteiger partial charge on any atom is -0.413 e. The second kappa shape index (κ2) is 5.99. The fourth-order valence-corrected chi connectivity index (χ4v) is 3.84. The van der Waals surface area contributed by atoms with Crippen LogP contribution < -0.4 is 0 Å². The molecule has 3 atom stereocenters. The highest BCUT2D eigenvalue weighted by atomic mass is 28.4. The molecule has 116 valence electrons. The summed E-state index contributed by atoms with van der Waals surface area (Å²) < 4.78 is 6.35. The first-order chi connectivity index (χ1) is 9.06. The van der Waals surface area contributed by atoms with Crippen LogP contribution in [0, 0.1) is 5.92 Å². The molecular weight excluding hydrogens is 270 g/mol. The van der Waals surface area contributed by atoms with Crippen LogP contribution in [0.2, 0.25) is 18.1 Å². The zero-order valence-electron chi connectivity index (χ0n) is 13.9. The van der Waals surface area contributed by atoms with Gasteiger partial charge in [-0.1, -0.05) is 26.8 Å². The molecule has 0 spiro atoms. The number of rotatable bonds is 6. The van der Waals surface area contributed by atoms with Gasteiger partial charge in [-0.3, -0.25) is 9.63 Å². The number of β-lactam (4-membered cyclic amide) rings is 1. The molecule has 1 fully saturated rings. The molecule has 20 heavy (non-hydrogen) atoms. The number of amides is 1. The average molecular weight is 299 g/mol. The molecule has 0 aliphatic carbocycles. The Morgan fingerprint density at radius 3 is 2.40 bits per heavy atom. The van der Waals surface area contributed by atoms with Gasteiger partial charge >= 0.3 is 0 Å². The lowest BCUT2D eigenvalue weighted by Crippen LogP contribution is -2.64. The van der Waals surface area contributed by atoms with Crippen molar-refractivity contribution in [2.45, 2.75) is 64.4 Å². The smallest absolute Gasteiger partial charge is 0.254 e. The fourth-order valence-electron chi connectivity index (χ4n) is 2.41. The predicted molar refractivity (Wildman–Crippen MR) is 83.7 cm³/mol. The highest BCUT2D eigenvalue weighted by Gasteiger charge is 2.52. The number of carbonyl (C=O) groups excluding carboxylic acids is 1. The van der Waals surface area contributed by atoms with E-state index in [9.17, 15) is 4.79 Å². The van der Waals surface area contributed by atoms with E-state index >= 15 is 0 Å². The van der Waals surface area contributed by atoms with Crippen LogP contribution in [0.3, 0.4) is 0 Å². The average Bonchev–Trinajstić information content (AvgIpc) is 2.27. The van der Waals surface area contributed by atoms with Crippen LogP contribution in [0.25, 0.3) is 0 Å². The number of hydroxylamine groups is 2. The van der Waals surface area contributed by atoms with Gasteiger partial charge in [-0.05, 0) is 31.5 Å². The molecular formula is C15H29NO3Si. The zero-order chi connectivity index (χ0) is 15.7. The molecule has 1 rings (SSSR count). The number of nitrogens with zero attached hydrogens (tertiary/aromatic N) is 1. The number of carbonyl (C=O) groups is 1. The van der Waals surface area contributed by atoms with Crippen LogP contribution in [0.1, 0.15) is 34.1 Å². The quantitative estimate of drug-likeness (QED) is 0.429. The van der Waals surface area contributed by atoms with E-state index in [0.717, 1.165) is 6.42 Å². The lowest BCUT2D eigenvalue weighted by Gasteiger charge is -2.49. The molecule has 1 heterocycles. The zero-order valence-corrected chi connectivity index (χ0v) is 14.9. The van der Waals surface area contributed by atoms with E-state index in [-0.39, 0.29) is 29.0 Å². The Balaban J connectivity index is 2.79. The van der Waals surface area contributed by atoms with E-state index < -0.39 is 8.32 Å². The van der Waals surface area contributed by atoms with Crippen molar-refractivity contribution in [1.29, 1.82) is 0 Å². The van der Waals surface area contributed by atoms with Crippen LogP contribution in [-0.2, 0) is 14.1 Å². The SMILES string of the molecule is C=CC[C@@H]1[C@@H]([C@@H](C)O[Si](C)(C)C(C)(C)C)C(=O)N1OC. The van der Waals surface area contributed by atoms with E-state index in [2.05, 4.69) is 40.4 Å². The molecule has 4 nitrogen and oxygen atoms in total. The summed E-state index contributed by atoms with van der Waals surface area (Å²) in [7, 11) is -0.334. The third kappa shape index (κ3) is 3.15. The lowest BCUT2D eigenvalue weighted by molar-refractivity contribution is -0.238. The van der Waals surface area contributed by atoms with Crippen molar-refractivity contribution in [2.24, 2.45) is 5.92 Å². The number of hydrogen-bond donors (Lipinski definition) is 0. The van der Waals surface area contributed by atoms with Crippen LogP contribution in [0.5, 0.6) is 0 Å². The van der Waals surface area contributed by atoms with Crippen LogP contribution in [-0.4, -0.2) is 38.5 Å². The Bertz CT molecular complexity index is 376. The van der Waals surface area contributed by atoms with Gasteiger partial charge in [0.1, 0.15) is 0 Å².